The molecule has 0 N–H and O–H groups in total. The van der Waals surface area contributed by atoms with Gasteiger partial charge >= 0.3 is 0 Å². The highest BCUT2D eigenvalue weighted by Gasteiger charge is 2.42. The SMILES string of the molecule is O=C1[C@H]2CCC[C@@H]1[C@H](N1CCCCC1)CC2. The second-order valence-corrected chi connectivity index (χ2v) is 5.88. The molecule has 16 heavy (non-hydrogen) atoms. The predicted octanol–water partition coefficient (Wildman–Crippen LogP) is 2.62. The summed E-state index contributed by atoms with van der Waals surface area (Å²) in [6, 6.07) is 0.615. The number of rotatable bonds is 1. The molecule has 2 saturated carbocycles. The molecule has 2 aliphatic carbocycles. The van der Waals surface area contributed by atoms with Crippen molar-refractivity contribution in [2.45, 2.75) is 57.4 Å². The Morgan fingerprint density at radius 2 is 1.69 bits per heavy atom. The standard InChI is InChI=1S/C14H23NO/c16-14-11-5-4-6-12(14)13(8-7-11)15-9-2-1-3-10-15/h11-13H,1-10H2/t11-,12+,13+/m0/s1. The molecule has 3 atom stereocenters. The van der Waals surface area contributed by atoms with E-state index in [1.165, 1.54) is 64.5 Å². The molecule has 0 aromatic rings. The first-order valence-corrected chi connectivity index (χ1v) is 7.14. The minimum absolute atomic E-state index is 0.408. The Morgan fingerprint density at radius 1 is 0.875 bits per heavy atom. The van der Waals surface area contributed by atoms with E-state index in [0.29, 0.717) is 23.7 Å². The van der Waals surface area contributed by atoms with Crippen LogP contribution in [0.3, 0.4) is 0 Å². The number of carbonyl (C=O) groups is 1. The van der Waals surface area contributed by atoms with Crippen molar-refractivity contribution in [3.63, 3.8) is 0 Å². The number of Topliss-reactive ketones (excluding diaryl/α,β-unsaturated/α-hetero) is 1. The van der Waals surface area contributed by atoms with E-state index >= 15 is 0 Å². The van der Waals surface area contributed by atoms with Crippen molar-refractivity contribution in [2.24, 2.45) is 11.8 Å². The van der Waals surface area contributed by atoms with Crippen LogP contribution in [0.2, 0.25) is 0 Å². The average molecular weight is 221 g/mol. The maximum absolute atomic E-state index is 12.2. The lowest BCUT2D eigenvalue weighted by Gasteiger charge is -2.45. The van der Waals surface area contributed by atoms with Crippen molar-refractivity contribution in [2.75, 3.05) is 13.1 Å². The summed E-state index contributed by atoms with van der Waals surface area (Å²) in [5.74, 6) is 1.47. The smallest absolute Gasteiger partial charge is 0.140 e. The fourth-order valence-corrected chi connectivity index (χ4v) is 4.10. The summed E-state index contributed by atoms with van der Waals surface area (Å²) < 4.78 is 0. The highest BCUT2D eigenvalue weighted by Crippen LogP contribution is 2.39. The summed E-state index contributed by atoms with van der Waals surface area (Å²) in [5.41, 5.74) is 0. The van der Waals surface area contributed by atoms with Crippen LogP contribution in [0.1, 0.15) is 51.4 Å². The number of likely N-dealkylation sites (tertiary alicyclic amines) is 1. The molecule has 1 saturated heterocycles. The van der Waals surface area contributed by atoms with Crippen molar-refractivity contribution in [3.8, 4) is 0 Å². The summed E-state index contributed by atoms with van der Waals surface area (Å²) in [5, 5.41) is 0. The second-order valence-electron chi connectivity index (χ2n) is 5.88. The van der Waals surface area contributed by atoms with Crippen molar-refractivity contribution in [1.29, 1.82) is 0 Å². The third kappa shape index (κ3) is 1.81. The summed E-state index contributed by atoms with van der Waals surface area (Å²) >= 11 is 0. The largest absolute Gasteiger partial charge is 0.300 e. The van der Waals surface area contributed by atoms with E-state index in [4.69, 9.17) is 0 Å². The molecule has 0 unspecified atom stereocenters. The van der Waals surface area contributed by atoms with Crippen LogP contribution in [0.15, 0.2) is 0 Å². The number of carbonyl (C=O) groups excluding carboxylic acids is 1. The highest BCUT2D eigenvalue weighted by atomic mass is 16.1. The van der Waals surface area contributed by atoms with Crippen LogP contribution in [0.25, 0.3) is 0 Å². The topological polar surface area (TPSA) is 20.3 Å². The van der Waals surface area contributed by atoms with Crippen molar-refractivity contribution < 1.29 is 4.79 Å². The van der Waals surface area contributed by atoms with Crippen LogP contribution in [-0.2, 0) is 4.79 Å². The van der Waals surface area contributed by atoms with E-state index in [1.54, 1.807) is 0 Å². The highest BCUT2D eigenvalue weighted by molar-refractivity contribution is 5.85. The van der Waals surface area contributed by atoms with Gasteiger partial charge in [-0.1, -0.05) is 12.8 Å². The lowest BCUT2D eigenvalue weighted by molar-refractivity contribution is -0.136. The van der Waals surface area contributed by atoms with E-state index in [1.807, 2.05) is 0 Å². The third-order valence-corrected chi connectivity index (χ3v) is 4.97. The lowest BCUT2D eigenvalue weighted by Crippen LogP contribution is -2.51. The fraction of sp³-hybridized carbons (Fsp3) is 0.929. The minimum Gasteiger partial charge on any atom is -0.300 e. The lowest BCUT2D eigenvalue weighted by atomic mass is 9.68. The molecular formula is C14H23NO. The van der Waals surface area contributed by atoms with Gasteiger partial charge in [-0.3, -0.25) is 9.69 Å². The monoisotopic (exact) mass is 221 g/mol. The Balaban J connectivity index is 1.72. The fourth-order valence-electron chi connectivity index (χ4n) is 4.10. The number of piperidine rings is 1. The maximum Gasteiger partial charge on any atom is 0.140 e. The van der Waals surface area contributed by atoms with Gasteiger partial charge in [-0.2, -0.15) is 0 Å². The van der Waals surface area contributed by atoms with E-state index < -0.39 is 0 Å². The van der Waals surface area contributed by atoms with Crippen LogP contribution in [0.5, 0.6) is 0 Å². The van der Waals surface area contributed by atoms with Crippen molar-refractivity contribution in [3.05, 3.63) is 0 Å². The maximum atomic E-state index is 12.2. The molecule has 2 bridgehead atoms. The molecule has 1 heterocycles. The van der Waals surface area contributed by atoms with Gasteiger partial charge in [0, 0.05) is 17.9 Å². The Morgan fingerprint density at radius 3 is 2.50 bits per heavy atom. The van der Waals surface area contributed by atoms with Gasteiger partial charge in [0.25, 0.3) is 0 Å². The third-order valence-electron chi connectivity index (χ3n) is 4.97. The van der Waals surface area contributed by atoms with Crippen LogP contribution >= 0.6 is 0 Å². The molecule has 0 spiro atoms. The van der Waals surface area contributed by atoms with E-state index in [-0.39, 0.29) is 0 Å². The number of hydrogen-bond acceptors (Lipinski definition) is 2. The summed E-state index contributed by atoms with van der Waals surface area (Å²) in [6.45, 7) is 2.50. The molecule has 0 amide bonds. The Bertz CT molecular complexity index is 270. The molecule has 1 aliphatic heterocycles. The number of hydrogen-bond donors (Lipinski definition) is 0. The first-order chi connectivity index (χ1) is 7.86. The molecule has 2 heteroatoms. The van der Waals surface area contributed by atoms with Crippen LogP contribution in [0.4, 0.5) is 0 Å². The number of nitrogens with zero attached hydrogens (tertiary/aromatic N) is 1. The van der Waals surface area contributed by atoms with Gasteiger partial charge in [-0.05, 0) is 51.6 Å². The van der Waals surface area contributed by atoms with Crippen molar-refractivity contribution in [1.82, 2.24) is 4.90 Å². The van der Waals surface area contributed by atoms with E-state index in [2.05, 4.69) is 4.90 Å². The minimum atomic E-state index is 0.408. The zero-order valence-electron chi connectivity index (χ0n) is 10.2. The van der Waals surface area contributed by atoms with Gasteiger partial charge in [0.1, 0.15) is 5.78 Å². The van der Waals surface area contributed by atoms with Gasteiger partial charge < -0.3 is 0 Å². The van der Waals surface area contributed by atoms with Gasteiger partial charge in [-0.15, -0.1) is 0 Å². The summed E-state index contributed by atoms with van der Waals surface area (Å²) in [4.78, 5) is 14.9. The summed E-state index contributed by atoms with van der Waals surface area (Å²) in [7, 11) is 0. The van der Waals surface area contributed by atoms with Crippen LogP contribution in [-0.4, -0.2) is 29.8 Å². The summed E-state index contributed by atoms with van der Waals surface area (Å²) in [6.07, 6.45) is 10.2. The quantitative estimate of drug-likeness (QED) is 0.678. The van der Waals surface area contributed by atoms with Gasteiger partial charge in [0.2, 0.25) is 0 Å². The molecule has 0 radical (unpaired) electrons. The molecule has 3 rings (SSSR count). The van der Waals surface area contributed by atoms with Crippen LogP contribution in [0, 0.1) is 11.8 Å². The molecule has 2 nitrogen and oxygen atoms in total. The van der Waals surface area contributed by atoms with Gasteiger partial charge in [0.15, 0.2) is 0 Å². The first kappa shape index (κ1) is 10.8. The van der Waals surface area contributed by atoms with E-state index in [9.17, 15) is 4.79 Å². The molecular weight excluding hydrogens is 198 g/mol. The second kappa shape index (κ2) is 4.48. The molecule has 90 valence electrons. The Hall–Kier alpha value is -0.370. The molecule has 3 aliphatic rings. The number of fused-ring (bicyclic) bond motifs is 2. The Labute approximate surface area is 98.4 Å². The van der Waals surface area contributed by atoms with Crippen molar-refractivity contribution >= 4 is 5.78 Å². The van der Waals surface area contributed by atoms with E-state index in [0.717, 1.165) is 0 Å². The molecule has 0 aromatic carbocycles. The Kier molecular flexibility index (Phi) is 3.01. The zero-order chi connectivity index (χ0) is 11.0. The van der Waals surface area contributed by atoms with Crippen LogP contribution < -0.4 is 0 Å². The number of ketones is 1. The van der Waals surface area contributed by atoms with Gasteiger partial charge in [0.05, 0.1) is 0 Å². The normalized spacial score (nSPS) is 41.0. The predicted molar refractivity (Wildman–Crippen MR) is 64.3 cm³/mol. The molecule has 3 fully saturated rings. The average Bonchev–Trinajstić information content (AvgIpc) is 2.30. The molecule has 0 aromatic heterocycles. The zero-order valence-corrected chi connectivity index (χ0v) is 10.2. The van der Waals surface area contributed by atoms with Gasteiger partial charge in [-0.25, -0.2) is 0 Å². The first-order valence-electron chi connectivity index (χ1n) is 7.14.